The van der Waals surface area contributed by atoms with Gasteiger partial charge >= 0.3 is 6.18 Å². The van der Waals surface area contributed by atoms with Crippen molar-refractivity contribution >= 4 is 23.7 Å². The van der Waals surface area contributed by atoms with Crippen LogP contribution in [0.15, 0.2) is 24.3 Å². The number of rotatable bonds is 12. The fourth-order valence-electron chi connectivity index (χ4n) is 5.27. The van der Waals surface area contributed by atoms with Gasteiger partial charge in [0, 0.05) is 43.1 Å². The van der Waals surface area contributed by atoms with Crippen LogP contribution in [0.5, 0.6) is 0 Å². The molecule has 5 rings (SSSR count). The maximum atomic E-state index is 14.1. The predicted octanol–water partition coefficient (Wildman–Crippen LogP) is 8.94. The normalized spacial score (nSPS) is 15.1. The Balaban J connectivity index is 0.000000722. The van der Waals surface area contributed by atoms with Crippen LogP contribution in [0.25, 0.3) is 0 Å². The molecular formula is C36H54F3N5O2. The molecule has 0 bridgehead atoms. The number of fused-ring (bicyclic) bond motifs is 1. The molecule has 2 fully saturated rings. The Bertz CT molecular complexity index is 1250. The number of carbonyl (C=O) groups excluding carboxylic acids is 1. The van der Waals surface area contributed by atoms with Gasteiger partial charge in [0.25, 0.3) is 5.91 Å². The minimum atomic E-state index is -4.55. The van der Waals surface area contributed by atoms with E-state index in [1.54, 1.807) is 19.1 Å². The quantitative estimate of drug-likeness (QED) is 0.201. The fourth-order valence-corrected chi connectivity index (χ4v) is 5.27. The smallest absolute Gasteiger partial charge is 0.381 e. The minimum absolute atomic E-state index is 0.0151. The van der Waals surface area contributed by atoms with Crippen LogP contribution in [0.2, 0.25) is 0 Å². The number of nitrogens with one attached hydrogen (secondary N) is 3. The average Bonchev–Trinajstić information content (AvgIpc) is 3.29. The zero-order valence-electron chi connectivity index (χ0n) is 28.4. The van der Waals surface area contributed by atoms with Gasteiger partial charge in [-0.2, -0.15) is 13.2 Å². The summed E-state index contributed by atoms with van der Waals surface area (Å²) in [7, 11) is 0. The molecule has 0 spiro atoms. The number of hydrogen-bond acceptors (Lipinski definition) is 6. The summed E-state index contributed by atoms with van der Waals surface area (Å²) in [4.78, 5) is 19.5. The monoisotopic (exact) mass is 645 g/mol. The van der Waals surface area contributed by atoms with Crippen LogP contribution in [0, 0.1) is 16.7 Å². The SMILES string of the molecule is C1COC1.CC.CC=N.CCCCc1cc(CC(=N)CCC)cc(N2Cc3c(cc(CNCC4CCC4)cc3C(F)(F)F)C2=O)n1. The van der Waals surface area contributed by atoms with Gasteiger partial charge in [0.05, 0.1) is 12.1 Å². The summed E-state index contributed by atoms with van der Waals surface area (Å²) in [6, 6.07) is 6.52. The third-order valence-electron chi connectivity index (χ3n) is 7.93. The lowest BCUT2D eigenvalue weighted by Crippen LogP contribution is -2.27. The minimum Gasteiger partial charge on any atom is -0.381 e. The molecule has 3 N–H and O–H groups in total. The third kappa shape index (κ3) is 11.9. The van der Waals surface area contributed by atoms with E-state index in [4.69, 9.17) is 15.6 Å². The summed E-state index contributed by atoms with van der Waals surface area (Å²) in [5.41, 5.74) is 2.12. The molecule has 1 aromatic heterocycles. The van der Waals surface area contributed by atoms with Crippen molar-refractivity contribution in [1.82, 2.24) is 10.3 Å². The number of carbonyl (C=O) groups is 1. The second kappa shape index (κ2) is 20.2. The van der Waals surface area contributed by atoms with E-state index in [1.165, 1.54) is 30.0 Å². The molecule has 1 saturated carbocycles. The Morgan fingerprint density at radius 3 is 2.26 bits per heavy atom. The van der Waals surface area contributed by atoms with Crippen LogP contribution in [0.1, 0.15) is 124 Å². The van der Waals surface area contributed by atoms with E-state index in [0.29, 0.717) is 42.4 Å². The lowest BCUT2D eigenvalue weighted by molar-refractivity contribution is -0.138. The molecule has 3 heterocycles. The highest BCUT2D eigenvalue weighted by molar-refractivity contribution is 6.10. The lowest BCUT2D eigenvalue weighted by Gasteiger charge is -2.25. The standard InChI is InChI=1S/C29H37F3N4O.C3H6O.C2H5N.C2H6/c1-3-5-10-23-12-20(11-22(33)7-4-2)15-27(35-23)36-18-25-24(28(36)37)13-21(14-26(25)29(30,31)32)17-34-16-19-8-6-9-19;1-2-4-3-1;1-2-3;1-2/h12-15,19,33-34H,3-11,16-18H2,1-2H3;1-3H2;2-3H,1H3;1-2H3. The molecule has 0 atom stereocenters. The summed E-state index contributed by atoms with van der Waals surface area (Å²) in [6.45, 7) is 12.7. The van der Waals surface area contributed by atoms with Gasteiger partial charge in [-0.15, -0.1) is 0 Å². The van der Waals surface area contributed by atoms with Crippen LogP contribution >= 0.6 is 0 Å². The number of aryl methyl sites for hydroxylation is 1. The molecule has 3 aliphatic rings. The van der Waals surface area contributed by atoms with Gasteiger partial charge in [-0.05, 0) is 105 Å². The van der Waals surface area contributed by atoms with E-state index in [0.717, 1.165) is 69.5 Å². The molecule has 2 aliphatic heterocycles. The summed E-state index contributed by atoms with van der Waals surface area (Å²) < 4.78 is 47.0. The first-order valence-electron chi connectivity index (χ1n) is 17.0. The highest BCUT2D eigenvalue weighted by atomic mass is 19.4. The molecule has 10 heteroatoms. The molecule has 1 amide bonds. The van der Waals surface area contributed by atoms with E-state index in [-0.39, 0.29) is 17.7 Å². The van der Waals surface area contributed by atoms with Gasteiger partial charge in [0.2, 0.25) is 0 Å². The number of ether oxygens (including phenoxy) is 1. The second-order valence-corrected chi connectivity index (χ2v) is 11.7. The molecule has 46 heavy (non-hydrogen) atoms. The number of anilines is 1. The van der Waals surface area contributed by atoms with Crippen molar-refractivity contribution in [3.05, 3.63) is 57.8 Å². The van der Waals surface area contributed by atoms with Gasteiger partial charge in [0.1, 0.15) is 5.82 Å². The Hall–Kier alpha value is -3.11. The zero-order valence-corrected chi connectivity index (χ0v) is 28.4. The van der Waals surface area contributed by atoms with E-state index in [2.05, 4.69) is 17.2 Å². The Morgan fingerprint density at radius 1 is 1.09 bits per heavy atom. The first kappa shape index (κ1) is 39.1. The number of benzene rings is 1. The maximum Gasteiger partial charge on any atom is 0.416 e. The first-order chi connectivity index (χ1) is 22.1. The van der Waals surface area contributed by atoms with Crippen molar-refractivity contribution < 1.29 is 22.7 Å². The Labute approximate surface area is 273 Å². The van der Waals surface area contributed by atoms with Crippen LogP contribution < -0.4 is 10.2 Å². The first-order valence-corrected chi connectivity index (χ1v) is 17.0. The number of alkyl halides is 3. The van der Waals surface area contributed by atoms with E-state index in [1.807, 2.05) is 26.8 Å². The van der Waals surface area contributed by atoms with Crippen molar-refractivity contribution in [2.24, 2.45) is 5.92 Å². The van der Waals surface area contributed by atoms with Crippen molar-refractivity contribution in [2.45, 2.75) is 118 Å². The molecule has 0 radical (unpaired) electrons. The van der Waals surface area contributed by atoms with Crippen LogP contribution in [0.3, 0.4) is 0 Å². The van der Waals surface area contributed by atoms with Gasteiger partial charge in [0.15, 0.2) is 0 Å². The van der Waals surface area contributed by atoms with Gasteiger partial charge in [-0.25, -0.2) is 4.98 Å². The third-order valence-corrected chi connectivity index (χ3v) is 7.93. The maximum absolute atomic E-state index is 14.1. The summed E-state index contributed by atoms with van der Waals surface area (Å²) >= 11 is 0. The van der Waals surface area contributed by atoms with Gasteiger partial charge in [-0.3, -0.25) is 9.69 Å². The molecule has 1 aromatic carbocycles. The van der Waals surface area contributed by atoms with Crippen LogP contribution in [-0.4, -0.2) is 42.6 Å². The van der Waals surface area contributed by atoms with Crippen molar-refractivity contribution in [3.63, 3.8) is 0 Å². The van der Waals surface area contributed by atoms with E-state index < -0.39 is 17.6 Å². The Kier molecular flexibility index (Phi) is 17.2. The van der Waals surface area contributed by atoms with Crippen molar-refractivity contribution in [1.29, 1.82) is 10.8 Å². The number of halogens is 3. The second-order valence-electron chi connectivity index (χ2n) is 11.7. The predicted molar refractivity (Wildman–Crippen MR) is 181 cm³/mol. The topological polar surface area (TPSA) is 102 Å². The summed E-state index contributed by atoms with van der Waals surface area (Å²) in [5, 5.41) is 17.6. The largest absolute Gasteiger partial charge is 0.416 e. The average molecular weight is 646 g/mol. The summed E-state index contributed by atoms with van der Waals surface area (Å²) in [6.07, 6.45) is 6.12. The highest BCUT2D eigenvalue weighted by Gasteiger charge is 2.41. The molecular weight excluding hydrogens is 591 g/mol. The zero-order chi connectivity index (χ0) is 34.1. The molecule has 1 aliphatic carbocycles. The molecule has 2 aromatic rings. The molecule has 7 nitrogen and oxygen atoms in total. The van der Waals surface area contributed by atoms with Gasteiger partial charge < -0.3 is 20.9 Å². The number of unbranched alkanes of at least 4 members (excludes halogenated alkanes) is 1. The highest BCUT2D eigenvalue weighted by Crippen LogP contribution is 2.39. The number of hydrogen-bond donors (Lipinski definition) is 3. The van der Waals surface area contributed by atoms with Crippen LogP contribution in [0.4, 0.5) is 19.0 Å². The number of aromatic nitrogens is 1. The number of pyridine rings is 1. The number of nitrogens with zero attached hydrogens (tertiary/aromatic N) is 2. The summed E-state index contributed by atoms with van der Waals surface area (Å²) in [5.74, 6) is 0.510. The lowest BCUT2D eigenvalue weighted by atomic mass is 9.85. The number of amides is 1. The van der Waals surface area contributed by atoms with E-state index >= 15 is 0 Å². The molecule has 256 valence electrons. The van der Waals surface area contributed by atoms with Crippen molar-refractivity contribution in [2.75, 3.05) is 24.7 Å². The van der Waals surface area contributed by atoms with Gasteiger partial charge in [-0.1, -0.05) is 47.0 Å². The van der Waals surface area contributed by atoms with E-state index in [9.17, 15) is 18.0 Å². The van der Waals surface area contributed by atoms with Crippen LogP contribution in [-0.2, 0) is 36.8 Å². The Morgan fingerprint density at radius 2 is 1.74 bits per heavy atom. The molecule has 0 unspecified atom stereocenters. The van der Waals surface area contributed by atoms with Crippen molar-refractivity contribution in [3.8, 4) is 0 Å². The fraction of sp³-hybridized carbons (Fsp3) is 0.611. The molecule has 1 saturated heterocycles.